The highest BCUT2D eigenvalue weighted by Gasteiger charge is 2.26. The van der Waals surface area contributed by atoms with Crippen LogP contribution >= 0.6 is 23.2 Å². The maximum Gasteiger partial charge on any atom is 0.255 e. The molecule has 0 spiro atoms. The number of nitrogens with zero attached hydrogens (tertiary/aromatic N) is 6. The number of hydrogen-bond acceptors (Lipinski definition) is 5. The smallest absolute Gasteiger partial charge is 0.255 e. The quantitative estimate of drug-likeness (QED) is 0.281. The molecule has 5 rings (SSSR count). The molecule has 1 fully saturated rings. The van der Waals surface area contributed by atoms with Crippen LogP contribution in [0.15, 0.2) is 42.5 Å². The van der Waals surface area contributed by atoms with Crippen molar-refractivity contribution < 1.29 is 9.18 Å². The minimum absolute atomic E-state index is 0.106. The van der Waals surface area contributed by atoms with Crippen molar-refractivity contribution in [3.05, 3.63) is 75.4 Å². The zero-order valence-corrected chi connectivity index (χ0v) is 22.9. The van der Waals surface area contributed by atoms with E-state index in [1.807, 2.05) is 11.8 Å². The van der Waals surface area contributed by atoms with E-state index in [9.17, 15) is 9.18 Å². The molecule has 0 bridgehead atoms. The molecule has 38 heavy (non-hydrogen) atoms. The zero-order chi connectivity index (χ0) is 26.8. The van der Waals surface area contributed by atoms with Gasteiger partial charge < -0.3 is 9.80 Å². The van der Waals surface area contributed by atoms with E-state index in [0.717, 1.165) is 60.6 Å². The van der Waals surface area contributed by atoms with E-state index in [-0.39, 0.29) is 11.7 Å². The average molecular weight is 555 g/mol. The Balaban J connectivity index is 1.49. The van der Waals surface area contributed by atoms with E-state index in [0.29, 0.717) is 40.9 Å². The van der Waals surface area contributed by atoms with Crippen LogP contribution in [0.25, 0.3) is 16.7 Å². The van der Waals surface area contributed by atoms with Crippen molar-refractivity contribution in [1.29, 1.82) is 0 Å². The van der Waals surface area contributed by atoms with Crippen molar-refractivity contribution >= 4 is 46.0 Å². The van der Waals surface area contributed by atoms with Crippen LogP contribution in [0, 0.1) is 12.7 Å². The van der Waals surface area contributed by atoms with Crippen molar-refractivity contribution in [3.63, 3.8) is 0 Å². The Morgan fingerprint density at radius 2 is 1.82 bits per heavy atom. The second-order valence-electron chi connectivity index (χ2n) is 9.50. The first kappa shape index (κ1) is 26.4. The molecule has 2 aromatic heterocycles. The first-order valence-electron chi connectivity index (χ1n) is 12.9. The lowest BCUT2D eigenvalue weighted by Crippen LogP contribution is -2.35. The Kier molecular flexibility index (Phi) is 7.81. The molecule has 1 saturated heterocycles. The number of fused-ring (bicyclic) bond motifs is 1. The minimum Gasteiger partial charge on any atom is -0.354 e. The Hall–Kier alpha value is -3.23. The predicted molar refractivity (Wildman–Crippen MR) is 149 cm³/mol. The normalized spacial score (nSPS) is 14.2. The van der Waals surface area contributed by atoms with Crippen LogP contribution in [0.4, 0.5) is 10.2 Å². The summed E-state index contributed by atoms with van der Waals surface area (Å²) in [6, 6.07) is 11.2. The second-order valence-corrected chi connectivity index (χ2v) is 10.3. The molecule has 0 unspecified atom stereocenters. The highest BCUT2D eigenvalue weighted by molar-refractivity contribution is 6.36. The second kappa shape index (κ2) is 11.3. The molecule has 1 aliphatic heterocycles. The van der Waals surface area contributed by atoms with Crippen LogP contribution in [0.3, 0.4) is 0 Å². The van der Waals surface area contributed by atoms with Crippen molar-refractivity contribution in [2.75, 3.05) is 31.1 Å². The maximum absolute atomic E-state index is 13.6. The molecule has 1 amide bonds. The topological polar surface area (TPSA) is 67.2 Å². The first-order valence-corrected chi connectivity index (χ1v) is 13.6. The van der Waals surface area contributed by atoms with Crippen LogP contribution in [0.1, 0.15) is 48.1 Å². The van der Waals surface area contributed by atoms with Crippen molar-refractivity contribution in [2.45, 2.75) is 39.5 Å². The molecule has 0 saturated carbocycles. The molecule has 0 aliphatic carbocycles. The number of amides is 1. The molecule has 0 N–H and O–H groups in total. The van der Waals surface area contributed by atoms with Gasteiger partial charge in [-0.05, 0) is 62.2 Å². The Bertz CT molecular complexity index is 1470. The largest absolute Gasteiger partial charge is 0.354 e. The summed E-state index contributed by atoms with van der Waals surface area (Å²) in [7, 11) is 0. The molecule has 198 valence electrons. The minimum atomic E-state index is -0.301. The van der Waals surface area contributed by atoms with Gasteiger partial charge in [0.15, 0.2) is 5.65 Å². The molecule has 1 aliphatic rings. The van der Waals surface area contributed by atoms with Gasteiger partial charge in [-0.15, -0.1) is 0 Å². The van der Waals surface area contributed by atoms with E-state index >= 15 is 0 Å². The number of carbonyl (C=O) groups is 1. The maximum atomic E-state index is 13.6. The van der Waals surface area contributed by atoms with Gasteiger partial charge in [0.05, 0.1) is 27.4 Å². The lowest BCUT2D eigenvalue weighted by atomic mass is 10.2. The Morgan fingerprint density at radius 1 is 1.03 bits per heavy atom. The molecule has 2 aromatic carbocycles. The highest BCUT2D eigenvalue weighted by atomic mass is 35.5. The summed E-state index contributed by atoms with van der Waals surface area (Å²) in [5.74, 6) is 1.17. The number of aromatic nitrogens is 4. The SMILES string of the molecule is CCCCc1nc(N2CCCN(C(=O)c3ccc(Cl)cc3Cl)CC2)c2c(C)nn(-c3ccc(F)cc3)c2n1. The zero-order valence-electron chi connectivity index (χ0n) is 21.4. The summed E-state index contributed by atoms with van der Waals surface area (Å²) in [5, 5.41) is 6.48. The number of rotatable bonds is 6. The Labute approximate surface area is 231 Å². The van der Waals surface area contributed by atoms with Gasteiger partial charge in [0.1, 0.15) is 17.5 Å². The van der Waals surface area contributed by atoms with Gasteiger partial charge in [0, 0.05) is 37.6 Å². The van der Waals surface area contributed by atoms with Crippen LogP contribution in [0.2, 0.25) is 10.0 Å². The van der Waals surface area contributed by atoms with Crippen molar-refractivity contribution in [1.82, 2.24) is 24.6 Å². The van der Waals surface area contributed by atoms with Crippen LogP contribution in [-0.4, -0.2) is 56.7 Å². The fourth-order valence-electron chi connectivity index (χ4n) is 4.81. The summed E-state index contributed by atoms with van der Waals surface area (Å²) >= 11 is 12.3. The molecule has 0 atom stereocenters. The highest BCUT2D eigenvalue weighted by Crippen LogP contribution is 2.30. The molecule has 10 heteroatoms. The van der Waals surface area contributed by atoms with E-state index in [2.05, 4.69) is 11.8 Å². The first-order chi connectivity index (χ1) is 18.4. The summed E-state index contributed by atoms with van der Waals surface area (Å²) in [6.45, 7) is 6.56. The Morgan fingerprint density at radius 3 is 2.55 bits per heavy atom. The molecular weight excluding hydrogens is 526 g/mol. The molecule has 4 aromatic rings. The third-order valence-corrected chi connectivity index (χ3v) is 7.35. The number of benzene rings is 2. The van der Waals surface area contributed by atoms with Crippen LogP contribution in [-0.2, 0) is 6.42 Å². The molecule has 7 nitrogen and oxygen atoms in total. The van der Waals surface area contributed by atoms with E-state index in [1.54, 1.807) is 35.0 Å². The van der Waals surface area contributed by atoms with Crippen LogP contribution in [0.5, 0.6) is 0 Å². The number of carbonyl (C=O) groups excluding carboxylic acids is 1. The lowest BCUT2D eigenvalue weighted by Gasteiger charge is -2.24. The van der Waals surface area contributed by atoms with Gasteiger partial charge in [-0.1, -0.05) is 36.5 Å². The monoisotopic (exact) mass is 554 g/mol. The third kappa shape index (κ3) is 5.33. The number of halogens is 3. The third-order valence-electron chi connectivity index (χ3n) is 6.80. The van der Waals surface area contributed by atoms with Gasteiger partial charge in [-0.3, -0.25) is 4.79 Å². The van der Waals surface area contributed by atoms with Gasteiger partial charge in [-0.2, -0.15) is 5.10 Å². The van der Waals surface area contributed by atoms with Gasteiger partial charge >= 0.3 is 0 Å². The summed E-state index contributed by atoms with van der Waals surface area (Å²) in [6.07, 6.45) is 3.53. The van der Waals surface area contributed by atoms with Gasteiger partial charge in [0.25, 0.3) is 5.91 Å². The van der Waals surface area contributed by atoms with E-state index in [1.165, 1.54) is 12.1 Å². The lowest BCUT2D eigenvalue weighted by molar-refractivity contribution is 0.0767. The molecule has 3 heterocycles. The molecular formula is C28H29Cl2FN6O. The number of unbranched alkanes of at least 4 members (excludes halogenated alkanes) is 1. The van der Waals surface area contributed by atoms with Gasteiger partial charge in [-0.25, -0.2) is 19.0 Å². The number of aryl methyl sites for hydroxylation is 2. The van der Waals surface area contributed by atoms with E-state index in [4.69, 9.17) is 38.3 Å². The van der Waals surface area contributed by atoms with E-state index < -0.39 is 0 Å². The summed E-state index contributed by atoms with van der Waals surface area (Å²) in [4.78, 5) is 27.2. The standard InChI is InChI=1S/C28H29Cl2FN6O/c1-3-4-6-24-32-26(25-18(2)34-37(27(25)33-24)21-10-8-20(31)9-11-21)35-13-5-14-36(16-15-35)28(38)22-12-7-19(29)17-23(22)30/h7-12,17H,3-6,13-16H2,1-2H3. The van der Waals surface area contributed by atoms with Crippen molar-refractivity contribution in [3.8, 4) is 5.69 Å². The summed E-state index contributed by atoms with van der Waals surface area (Å²) in [5.41, 5.74) is 2.69. The predicted octanol–water partition coefficient (Wildman–Crippen LogP) is 6.26. The fraction of sp³-hybridized carbons (Fsp3) is 0.357. The summed E-state index contributed by atoms with van der Waals surface area (Å²) < 4.78 is 15.4. The van der Waals surface area contributed by atoms with Gasteiger partial charge in [0.2, 0.25) is 0 Å². The van der Waals surface area contributed by atoms with Crippen LogP contribution < -0.4 is 4.90 Å². The van der Waals surface area contributed by atoms with Crippen molar-refractivity contribution in [2.24, 2.45) is 0 Å². The fourth-order valence-corrected chi connectivity index (χ4v) is 5.30. The average Bonchev–Trinajstić information content (AvgIpc) is 3.07. The number of anilines is 1. The molecule has 0 radical (unpaired) electrons. The number of hydrogen-bond donors (Lipinski definition) is 0.